The van der Waals surface area contributed by atoms with Gasteiger partial charge in [0.15, 0.2) is 0 Å². The monoisotopic (exact) mass is 391 g/mol. The van der Waals surface area contributed by atoms with Crippen LogP contribution in [0.5, 0.6) is 0 Å². The first-order chi connectivity index (χ1) is 13.8. The molecule has 0 unspecified atom stereocenters. The summed E-state index contributed by atoms with van der Waals surface area (Å²) in [5.41, 5.74) is 2.03. The van der Waals surface area contributed by atoms with Crippen LogP contribution in [-0.4, -0.2) is 19.1 Å². The first kappa shape index (κ1) is 18.9. The van der Waals surface area contributed by atoms with Gasteiger partial charge in [-0.3, -0.25) is 4.79 Å². The highest BCUT2D eigenvalue weighted by Gasteiger charge is 2.37. The number of benzene rings is 2. The lowest BCUT2D eigenvalue weighted by atomic mass is 9.85. The molecule has 0 aliphatic carbocycles. The number of carbonyl (C=O) groups is 1. The minimum absolute atomic E-state index is 0.0441. The van der Waals surface area contributed by atoms with Crippen LogP contribution >= 0.6 is 11.3 Å². The first-order valence-electron chi connectivity index (χ1n) is 9.79. The Kier molecular flexibility index (Phi) is 5.89. The minimum atomic E-state index is -0.304. The van der Waals surface area contributed by atoms with E-state index >= 15 is 0 Å². The molecule has 1 aromatic heterocycles. The number of amides is 1. The minimum Gasteiger partial charge on any atom is -0.381 e. The molecule has 4 rings (SSSR count). The molecule has 2 aromatic carbocycles. The summed E-state index contributed by atoms with van der Waals surface area (Å²) in [4.78, 5) is 14.4. The maximum absolute atomic E-state index is 13.2. The van der Waals surface area contributed by atoms with Crippen molar-refractivity contribution in [1.29, 1.82) is 0 Å². The fraction of sp³-hybridized carbons (Fsp3) is 0.292. The van der Waals surface area contributed by atoms with Gasteiger partial charge >= 0.3 is 0 Å². The molecule has 0 saturated carbocycles. The van der Waals surface area contributed by atoms with Gasteiger partial charge in [-0.2, -0.15) is 0 Å². The second kappa shape index (κ2) is 8.72. The average molecular weight is 392 g/mol. The quantitative estimate of drug-likeness (QED) is 0.635. The van der Waals surface area contributed by atoms with Crippen LogP contribution in [0.4, 0.5) is 0 Å². The number of carbonyl (C=O) groups excluding carboxylic acids is 1. The van der Waals surface area contributed by atoms with Crippen molar-refractivity contribution >= 4 is 17.2 Å². The Hall–Kier alpha value is -2.43. The smallest absolute Gasteiger partial charge is 0.221 e. The van der Waals surface area contributed by atoms with Gasteiger partial charge in [0.2, 0.25) is 5.91 Å². The van der Waals surface area contributed by atoms with Gasteiger partial charge < -0.3 is 10.1 Å². The van der Waals surface area contributed by atoms with Crippen molar-refractivity contribution in [3.05, 3.63) is 94.2 Å². The third kappa shape index (κ3) is 4.18. The summed E-state index contributed by atoms with van der Waals surface area (Å²) in [7, 11) is 0. The topological polar surface area (TPSA) is 38.3 Å². The van der Waals surface area contributed by atoms with Crippen molar-refractivity contribution in [3.63, 3.8) is 0 Å². The zero-order valence-electron chi connectivity index (χ0n) is 15.8. The van der Waals surface area contributed by atoms with Crippen LogP contribution in [0.2, 0.25) is 0 Å². The van der Waals surface area contributed by atoms with Crippen LogP contribution in [0, 0.1) is 0 Å². The summed E-state index contributed by atoms with van der Waals surface area (Å²) in [5.74, 6) is 0.135. The number of thiophene rings is 1. The van der Waals surface area contributed by atoms with E-state index in [1.165, 1.54) is 16.0 Å². The van der Waals surface area contributed by atoms with Gasteiger partial charge in [-0.05, 0) is 35.4 Å². The molecule has 0 spiro atoms. The fourth-order valence-corrected chi connectivity index (χ4v) is 4.95. The van der Waals surface area contributed by atoms with Gasteiger partial charge in [0.05, 0.1) is 5.54 Å². The van der Waals surface area contributed by atoms with E-state index in [1.54, 1.807) is 11.3 Å². The second-order valence-electron chi connectivity index (χ2n) is 7.30. The molecule has 3 nitrogen and oxygen atoms in total. The third-order valence-electron chi connectivity index (χ3n) is 5.51. The Balaban J connectivity index is 1.57. The predicted octanol–water partition coefficient (Wildman–Crippen LogP) is 5.09. The number of nitrogens with one attached hydrogen (secondary N) is 1. The van der Waals surface area contributed by atoms with Crippen molar-refractivity contribution in [2.45, 2.75) is 30.7 Å². The zero-order valence-corrected chi connectivity index (χ0v) is 16.7. The molecule has 0 radical (unpaired) electrons. The van der Waals surface area contributed by atoms with Gasteiger partial charge in [-0.25, -0.2) is 0 Å². The normalized spacial score (nSPS) is 16.0. The van der Waals surface area contributed by atoms with Gasteiger partial charge in [0, 0.05) is 30.4 Å². The second-order valence-corrected chi connectivity index (χ2v) is 8.25. The number of rotatable bonds is 6. The van der Waals surface area contributed by atoms with E-state index in [1.807, 2.05) is 36.4 Å². The lowest BCUT2D eigenvalue weighted by molar-refractivity contribution is -0.124. The molecule has 2 heterocycles. The van der Waals surface area contributed by atoms with Crippen LogP contribution in [0.25, 0.3) is 0 Å². The molecule has 3 aromatic rings. The van der Waals surface area contributed by atoms with Crippen molar-refractivity contribution in [3.8, 4) is 0 Å². The van der Waals surface area contributed by atoms with E-state index in [-0.39, 0.29) is 17.4 Å². The summed E-state index contributed by atoms with van der Waals surface area (Å²) < 4.78 is 5.58. The van der Waals surface area contributed by atoms with E-state index in [0.29, 0.717) is 19.6 Å². The highest BCUT2D eigenvalue weighted by Crippen LogP contribution is 2.36. The molecule has 1 fully saturated rings. The van der Waals surface area contributed by atoms with Gasteiger partial charge in [0.25, 0.3) is 0 Å². The Morgan fingerprint density at radius 1 is 0.929 bits per heavy atom. The van der Waals surface area contributed by atoms with Gasteiger partial charge in [-0.15, -0.1) is 11.3 Å². The highest BCUT2D eigenvalue weighted by atomic mass is 32.1. The molecule has 144 valence electrons. The Morgan fingerprint density at radius 2 is 1.54 bits per heavy atom. The standard InChI is InChI=1S/C24H25NO2S/c26-23(25-24(13-15-27-16-14-24)22-12-7-17-28-22)18-21(19-8-3-1-4-9-19)20-10-5-2-6-11-20/h1-12,17,21H,13-16,18H2,(H,25,26). The van der Waals surface area contributed by atoms with Gasteiger partial charge in [0.1, 0.15) is 0 Å². The summed E-state index contributed by atoms with van der Waals surface area (Å²) in [6.45, 7) is 1.36. The summed E-state index contributed by atoms with van der Waals surface area (Å²) >= 11 is 1.71. The first-order valence-corrected chi connectivity index (χ1v) is 10.7. The largest absolute Gasteiger partial charge is 0.381 e. The van der Waals surface area contributed by atoms with Crippen LogP contribution in [0.3, 0.4) is 0 Å². The predicted molar refractivity (Wildman–Crippen MR) is 114 cm³/mol. The number of ether oxygens (including phenoxy) is 1. The van der Waals surface area contributed by atoms with Crippen LogP contribution in [0.1, 0.15) is 41.2 Å². The third-order valence-corrected chi connectivity index (χ3v) is 6.59. The SMILES string of the molecule is O=C(CC(c1ccccc1)c1ccccc1)NC1(c2cccs2)CCOCC1. The molecule has 4 heteroatoms. The molecule has 0 bridgehead atoms. The molecular formula is C24H25NO2S. The molecule has 1 aliphatic rings. The highest BCUT2D eigenvalue weighted by molar-refractivity contribution is 7.10. The molecule has 1 amide bonds. The maximum atomic E-state index is 13.2. The van der Waals surface area contributed by atoms with Gasteiger partial charge in [-0.1, -0.05) is 66.7 Å². The molecule has 1 aliphatic heterocycles. The van der Waals surface area contributed by atoms with Crippen molar-refractivity contribution in [1.82, 2.24) is 5.32 Å². The van der Waals surface area contributed by atoms with Crippen molar-refractivity contribution < 1.29 is 9.53 Å². The lowest BCUT2D eigenvalue weighted by Crippen LogP contribution is -2.49. The van der Waals surface area contributed by atoms with E-state index in [9.17, 15) is 4.79 Å². The Morgan fingerprint density at radius 3 is 2.07 bits per heavy atom. The van der Waals surface area contributed by atoms with E-state index < -0.39 is 0 Å². The maximum Gasteiger partial charge on any atom is 0.221 e. The molecule has 28 heavy (non-hydrogen) atoms. The Labute approximate surface area is 170 Å². The van der Waals surface area contributed by atoms with Crippen LogP contribution < -0.4 is 5.32 Å². The summed E-state index contributed by atoms with van der Waals surface area (Å²) in [6.07, 6.45) is 2.07. The number of hydrogen-bond acceptors (Lipinski definition) is 3. The molecule has 0 atom stereocenters. The van der Waals surface area contributed by atoms with E-state index in [0.717, 1.165) is 12.8 Å². The van der Waals surface area contributed by atoms with E-state index in [4.69, 9.17) is 4.74 Å². The molecule has 1 saturated heterocycles. The van der Waals surface area contributed by atoms with Crippen molar-refractivity contribution in [2.75, 3.05) is 13.2 Å². The number of hydrogen-bond donors (Lipinski definition) is 1. The fourth-order valence-electron chi connectivity index (χ4n) is 4.01. The van der Waals surface area contributed by atoms with Crippen LogP contribution in [-0.2, 0) is 15.1 Å². The average Bonchev–Trinajstić information content (AvgIpc) is 3.30. The van der Waals surface area contributed by atoms with Crippen molar-refractivity contribution in [2.24, 2.45) is 0 Å². The lowest BCUT2D eigenvalue weighted by Gasteiger charge is -2.37. The molecule has 1 N–H and O–H groups in total. The zero-order chi connectivity index (χ0) is 19.2. The molecular weight excluding hydrogens is 366 g/mol. The van der Waals surface area contributed by atoms with E-state index in [2.05, 4.69) is 47.1 Å². The Bertz CT molecular complexity index is 832. The summed E-state index contributed by atoms with van der Waals surface area (Å²) in [6, 6.07) is 24.8. The van der Waals surface area contributed by atoms with Crippen LogP contribution in [0.15, 0.2) is 78.2 Å². The summed E-state index contributed by atoms with van der Waals surface area (Å²) in [5, 5.41) is 5.48.